The molecule has 2 N–H and O–H groups in total. The van der Waals surface area contributed by atoms with E-state index in [0.717, 1.165) is 0 Å². The van der Waals surface area contributed by atoms with Gasteiger partial charge in [0.15, 0.2) is 0 Å². The summed E-state index contributed by atoms with van der Waals surface area (Å²) in [5, 5.41) is 11.7. The highest BCUT2D eigenvalue weighted by Gasteiger charge is 2.23. The van der Waals surface area contributed by atoms with Crippen LogP contribution in [-0.2, 0) is 4.79 Å². The summed E-state index contributed by atoms with van der Waals surface area (Å²) < 4.78 is 13.2. The number of carboxylic acid groups (broad SMARTS) is 1. The maximum Gasteiger partial charge on any atom is 0.305 e. The number of amides is 1. The van der Waals surface area contributed by atoms with E-state index in [4.69, 9.17) is 5.11 Å². The first-order chi connectivity index (χ1) is 9.58. The van der Waals surface area contributed by atoms with Gasteiger partial charge in [-0.1, -0.05) is 20.8 Å². The Morgan fingerprint density at radius 1 is 1.33 bits per heavy atom. The van der Waals surface area contributed by atoms with Gasteiger partial charge in [0, 0.05) is 11.6 Å². The van der Waals surface area contributed by atoms with Crippen LogP contribution in [0.4, 0.5) is 4.39 Å². The van der Waals surface area contributed by atoms with Gasteiger partial charge < -0.3 is 10.4 Å². The van der Waals surface area contributed by atoms with E-state index in [1.54, 1.807) is 6.92 Å². The van der Waals surface area contributed by atoms with Crippen LogP contribution in [0.15, 0.2) is 18.2 Å². The molecule has 0 fully saturated rings. The Morgan fingerprint density at radius 3 is 2.43 bits per heavy atom. The predicted molar refractivity (Wildman–Crippen MR) is 78.7 cm³/mol. The molecule has 0 bridgehead atoms. The summed E-state index contributed by atoms with van der Waals surface area (Å²) in [5.41, 5.74) is 0.609. The van der Waals surface area contributed by atoms with Crippen molar-refractivity contribution in [3.63, 3.8) is 0 Å². The molecule has 0 aromatic heterocycles. The average Bonchev–Trinajstić information content (AvgIpc) is 2.29. The summed E-state index contributed by atoms with van der Waals surface area (Å²) in [7, 11) is 0. The molecule has 0 heterocycles. The number of hydrogen-bond acceptors (Lipinski definition) is 2. The number of carbonyl (C=O) groups is 2. The van der Waals surface area contributed by atoms with Gasteiger partial charge in [-0.3, -0.25) is 9.59 Å². The van der Waals surface area contributed by atoms with Crippen LogP contribution in [-0.4, -0.2) is 23.0 Å². The molecular weight excluding hydrogens is 273 g/mol. The lowest BCUT2D eigenvalue weighted by molar-refractivity contribution is -0.137. The minimum Gasteiger partial charge on any atom is -0.481 e. The second kappa shape index (κ2) is 6.70. The Morgan fingerprint density at radius 2 is 1.95 bits per heavy atom. The summed E-state index contributed by atoms with van der Waals surface area (Å²) in [6.45, 7) is 7.53. The van der Waals surface area contributed by atoms with Crippen LogP contribution in [0.1, 0.15) is 49.5 Å². The Bertz CT molecular complexity index is 535. The molecule has 1 aromatic carbocycles. The molecule has 0 saturated heterocycles. The molecule has 1 unspecified atom stereocenters. The van der Waals surface area contributed by atoms with E-state index in [1.807, 2.05) is 20.8 Å². The smallest absolute Gasteiger partial charge is 0.305 e. The quantitative estimate of drug-likeness (QED) is 0.877. The molecule has 5 heteroatoms. The van der Waals surface area contributed by atoms with Crippen molar-refractivity contribution in [2.75, 3.05) is 0 Å². The summed E-state index contributed by atoms with van der Waals surface area (Å²) in [6, 6.07) is 3.63. The lowest BCUT2D eigenvalue weighted by atomic mass is 9.87. The average molecular weight is 295 g/mol. The number of aryl methyl sites for hydroxylation is 1. The number of benzene rings is 1. The molecule has 0 radical (unpaired) electrons. The van der Waals surface area contributed by atoms with Gasteiger partial charge in [-0.25, -0.2) is 4.39 Å². The minimum atomic E-state index is -0.958. The Balaban J connectivity index is 2.83. The zero-order valence-corrected chi connectivity index (χ0v) is 12.9. The van der Waals surface area contributed by atoms with Crippen molar-refractivity contribution in [3.8, 4) is 0 Å². The second-order valence-electron chi connectivity index (χ2n) is 6.50. The van der Waals surface area contributed by atoms with Crippen molar-refractivity contribution in [2.45, 2.75) is 46.6 Å². The van der Waals surface area contributed by atoms with Crippen molar-refractivity contribution in [1.29, 1.82) is 0 Å². The van der Waals surface area contributed by atoms with Crippen LogP contribution in [0, 0.1) is 18.2 Å². The topological polar surface area (TPSA) is 66.4 Å². The fourth-order valence-corrected chi connectivity index (χ4v) is 2.18. The number of halogens is 1. The van der Waals surface area contributed by atoms with Gasteiger partial charge in [0.1, 0.15) is 5.82 Å². The highest BCUT2D eigenvalue weighted by molar-refractivity contribution is 5.94. The molecule has 0 spiro atoms. The number of aliphatic carboxylic acids is 1. The third kappa shape index (κ3) is 5.94. The van der Waals surface area contributed by atoms with E-state index in [-0.39, 0.29) is 23.6 Å². The zero-order valence-electron chi connectivity index (χ0n) is 12.9. The molecular formula is C16H22FNO3. The fraction of sp³-hybridized carbons (Fsp3) is 0.500. The van der Waals surface area contributed by atoms with E-state index in [2.05, 4.69) is 5.32 Å². The minimum absolute atomic E-state index is 0.105. The molecule has 4 nitrogen and oxygen atoms in total. The summed E-state index contributed by atoms with van der Waals surface area (Å²) in [5.74, 6) is -1.71. The molecule has 116 valence electrons. The van der Waals surface area contributed by atoms with Gasteiger partial charge in [0.25, 0.3) is 5.91 Å². The summed E-state index contributed by atoms with van der Waals surface area (Å²) >= 11 is 0. The molecule has 0 aliphatic rings. The van der Waals surface area contributed by atoms with Gasteiger partial charge in [-0.2, -0.15) is 0 Å². The van der Waals surface area contributed by atoms with Crippen LogP contribution in [0.5, 0.6) is 0 Å². The van der Waals surface area contributed by atoms with Crippen LogP contribution in [0.3, 0.4) is 0 Å². The zero-order chi connectivity index (χ0) is 16.2. The fourth-order valence-electron chi connectivity index (χ4n) is 2.18. The Labute approximate surface area is 124 Å². The van der Waals surface area contributed by atoms with E-state index < -0.39 is 12.0 Å². The lowest BCUT2D eigenvalue weighted by Gasteiger charge is -2.25. The monoisotopic (exact) mass is 295 g/mol. The van der Waals surface area contributed by atoms with E-state index in [9.17, 15) is 14.0 Å². The van der Waals surface area contributed by atoms with Gasteiger partial charge in [-0.05, 0) is 42.5 Å². The van der Waals surface area contributed by atoms with Crippen molar-refractivity contribution >= 4 is 11.9 Å². The van der Waals surface area contributed by atoms with Gasteiger partial charge in [-0.15, -0.1) is 0 Å². The first-order valence-corrected chi connectivity index (χ1v) is 6.87. The Hall–Kier alpha value is -1.91. The maximum absolute atomic E-state index is 13.2. The normalized spacial score (nSPS) is 12.8. The molecule has 0 aliphatic carbocycles. The van der Waals surface area contributed by atoms with Crippen LogP contribution in [0.2, 0.25) is 0 Å². The Kier molecular flexibility index (Phi) is 5.47. The highest BCUT2D eigenvalue weighted by Crippen LogP contribution is 2.22. The third-order valence-corrected chi connectivity index (χ3v) is 3.04. The van der Waals surface area contributed by atoms with Gasteiger partial charge in [0.2, 0.25) is 0 Å². The number of rotatable bonds is 5. The van der Waals surface area contributed by atoms with E-state index >= 15 is 0 Å². The van der Waals surface area contributed by atoms with Gasteiger partial charge >= 0.3 is 5.97 Å². The lowest BCUT2D eigenvalue weighted by Crippen LogP contribution is -2.39. The van der Waals surface area contributed by atoms with Crippen molar-refractivity contribution < 1.29 is 19.1 Å². The van der Waals surface area contributed by atoms with Crippen molar-refractivity contribution in [2.24, 2.45) is 5.41 Å². The molecule has 1 amide bonds. The molecule has 21 heavy (non-hydrogen) atoms. The molecule has 0 aliphatic heterocycles. The summed E-state index contributed by atoms with van der Waals surface area (Å²) in [6.07, 6.45) is 0.411. The number of nitrogens with one attached hydrogen (secondary N) is 1. The van der Waals surface area contributed by atoms with Crippen LogP contribution >= 0.6 is 0 Å². The predicted octanol–water partition coefficient (Wildman–Crippen LogP) is 3.14. The molecule has 1 rings (SSSR count). The van der Waals surface area contributed by atoms with Crippen molar-refractivity contribution in [3.05, 3.63) is 35.1 Å². The molecule has 1 aromatic rings. The highest BCUT2D eigenvalue weighted by atomic mass is 19.1. The first kappa shape index (κ1) is 17.1. The second-order valence-corrected chi connectivity index (χ2v) is 6.50. The SMILES string of the molecule is Cc1cc(C(=O)NC(CC(=O)O)CC(C)(C)C)ccc1F. The maximum atomic E-state index is 13.2. The van der Waals surface area contributed by atoms with Crippen LogP contribution in [0.25, 0.3) is 0 Å². The standard InChI is InChI=1S/C16H22FNO3/c1-10-7-11(5-6-13(10)17)15(21)18-12(8-14(19)20)9-16(2,3)4/h5-7,12H,8-9H2,1-4H3,(H,18,21)(H,19,20). The van der Waals surface area contributed by atoms with E-state index in [1.165, 1.54) is 18.2 Å². The van der Waals surface area contributed by atoms with Crippen molar-refractivity contribution in [1.82, 2.24) is 5.32 Å². The number of carbonyl (C=O) groups excluding carboxylic acids is 1. The molecule has 0 saturated carbocycles. The van der Waals surface area contributed by atoms with Crippen LogP contribution < -0.4 is 5.32 Å². The summed E-state index contributed by atoms with van der Waals surface area (Å²) in [4.78, 5) is 23.1. The first-order valence-electron chi connectivity index (χ1n) is 6.87. The largest absolute Gasteiger partial charge is 0.481 e. The van der Waals surface area contributed by atoms with E-state index in [0.29, 0.717) is 17.5 Å². The molecule has 1 atom stereocenters. The third-order valence-electron chi connectivity index (χ3n) is 3.04. The number of carboxylic acids is 1. The number of hydrogen-bond donors (Lipinski definition) is 2. The van der Waals surface area contributed by atoms with Gasteiger partial charge in [0.05, 0.1) is 6.42 Å².